The average Bonchev–Trinajstić information content (AvgIpc) is 2.97. The fourth-order valence-corrected chi connectivity index (χ4v) is 3.12. The molecule has 122 valence electrons. The summed E-state index contributed by atoms with van der Waals surface area (Å²) in [6.45, 7) is 6.22. The number of hydrogen-bond acceptors (Lipinski definition) is 2. The van der Waals surface area contributed by atoms with E-state index < -0.39 is 0 Å². The lowest BCUT2D eigenvalue weighted by atomic mass is 10.00. The van der Waals surface area contributed by atoms with Gasteiger partial charge in [0.05, 0.1) is 0 Å². The molecule has 1 saturated heterocycles. The Morgan fingerprint density at radius 1 is 1.27 bits per heavy atom. The van der Waals surface area contributed by atoms with Gasteiger partial charge in [-0.15, -0.1) is 0 Å². The summed E-state index contributed by atoms with van der Waals surface area (Å²) < 4.78 is 0. The number of carbonyl (C=O) groups excluding carboxylic acids is 1. The normalized spacial score (nSPS) is 18.2. The Kier molecular flexibility index (Phi) is 6.44. The number of likely N-dealkylation sites (tertiary alicyclic amines) is 1. The van der Waals surface area contributed by atoms with E-state index >= 15 is 0 Å². The van der Waals surface area contributed by atoms with Crippen molar-refractivity contribution in [3.8, 4) is 0 Å². The maximum Gasteiger partial charge on any atom is 0.222 e. The summed E-state index contributed by atoms with van der Waals surface area (Å²) in [5, 5.41) is 9.13. The molecule has 1 atom stereocenters. The monoisotopic (exact) mass is 303 g/mol. The summed E-state index contributed by atoms with van der Waals surface area (Å²) >= 11 is 0. The zero-order valence-electron chi connectivity index (χ0n) is 13.9. The Morgan fingerprint density at radius 3 is 2.55 bits per heavy atom. The second-order valence-corrected chi connectivity index (χ2v) is 6.95. The first kappa shape index (κ1) is 17.0. The van der Waals surface area contributed by atoms with Gasteiger partial charge in [0, 0.05) is 32.0 Å². The fraction of sp³-hybridized carbons (Fsp3) is 0.632. The molecule has 0 saturated carbocycles. The number of benzene rings is 1. The van der Waals surface area contributed by atoms with Crippen LogP contribution in [0.4, 0.5) is 0 Å². The second-order valence-electron chi connectivity index (χ2n) is 6.95. The summed E-state index contributed by atoms with van der Waals surface area (Å²) in [5.41, 5.74) is 2.71. The smallest absolute Gasteiger partial charge is 0.222 e. The number of rotatable bonds is 7. The molecule has 0 aliphatic carbocycles. The molecule has 3 nitrogen and oxygen atoms in total. The van der Waals surface area contributed by atoms with E-state index in [1.54, 1.807) is 0 Å². The van der Waals surface area contributed by atoms with Gasteiger partial charge in [-0.1, -0.05) is 38.1 Å². The molecule has 3 heteroatoms. The average molecular weight is 303 g/mol. The van der Waals surface area contributed by atoms with Crippen molar-refractivity contribution in [2.24, 2.45) is 11.8 Å². The zero-order chi connectivity index (χ0) is 15.9. The Hall–Kier alpha value is -1.35. The molecule has 0 aromatic heterocycles. The SMILES string of the molecule is CC(C)Cc1ccc(CCCC(=O)N2CCC(CO)C2)cc1. The van der Waals surface area contributed by atoms with Gasteiger partial charge in [-0.25, -0.2) is 0 Å². The van der Waals surface area contributed by atoms with Crippen LogP contribution >= 0.6 is 0 Å². The molecular weight excluding hydrogens is 274 g/mol. The van der Waals surface area contributed by atoms with Gasteiger partial charge in [-0.3, -0.25) is 4.79 Å². The molecule has 22 heavy (non-hydrogen) atoms. The fourth-order valence-electron chi connectivity index (χ4n) is 3.12. The quantitative estimate of drug-likeness (QED) is 0.841. The molecule has 0 spiro atoms. The van der Waals surface area contributed by atoms with Crippen LogP contribution in [0.1, 0.15) is 44.2 Å². The Labute approximate surface area is 134 Å². The third-order valence-electron chi connectivity index (χ3n) is 4.42. The predicted octanol–water partition coefficient (Wildman–Crippen LogP) is 3.05. The van der Waals surface area contributed by atoms with Crippen molar-refractivity contribution in [2.45, 2.75) is 46.0 Å². The Morgan fingerprint density at radius 2 is 1.95 bits per heavy atom. The van der Waals surface area contributed by atoms with Crippen LogP contribution in [0.2, 0.25) is 0 Å². The van der Waals surface area contributed by atoms with Crippen molar-refractivity contribution in [1.29, 1.82) is 0 Å². The van der Waals surface area contributed by atoms with Crippen molar-refractivity contribution in [1.82, 2.24) is 4.90 Å². The minimum atomic E-state index is 0.201. The number of nitrogens with zero attached hydrogens (tertiary/aromatic N) is 1. The highest BCUT2D eigenvalue weighted by atomic mass is 16.3. The van der Waals surface area contributed by atoms with Crippen LogP contribution in [0.25, 0.3) is 0 Å². The first-order valence-electron chi connectivity index (χ1n) is 8.55. The number of aliphatic hydroxyl groups excluding tert-OH is 1. The van der Waals surface area contributed by atoms with Crippen molar-refractivity contribution < 1.29 is 9.90 Å². The highest BCUT2D eigenvalue weighted by molar-refractivity contribution is 5.76. The van der Waals surface area contributed by atoms with E-state index in [1.165, 1.54) is 11.1 Å². The standard InChI is InChI=1S/C19H29NO2/c1-15(2)12-17-8-6-16(7-9-17)4-3-5-19(22)20-11-10-18(13-20)14-21/h6-9,15,18,21H,3-5,10-14H2,1-2H3. The van der Waals surface area contributed by atoms with E-state index in [9.17, 15) is 4.79 Å². The molecular formula is C19H29NO2. The molecule has 0 radical (unpaired) electrons. The molecule has 1 heterocycles. The lowest BCUT2D eigenvalue weighted by molar-refractivity contribution is -0.130. The maximum absolute atomic E-state index is 12.1. The number of aliphatic hydroxyl groups is 1. The molecule has 0 bridgehead atoms. The van der Waals surface area contributed by atoms with Gasteiger partial charge in [-0.05, 0) is 42.7 Å². The van der Waals surface area contributed by atoms with E-state index in [1.807, 2.05) is 4.90 Å². The second kappa shape index (κ2) is 8.33. The van der Waals surface area contributed by atoms with Crippen LogP contribution in [0, 0.1) is 11.8 Å². The third-order valence-corrected chi connectivity index (χ3v) is 4.42. The first-order chi connectivity index (χ1) is 10.6. The molecule has 1 aromatic carbocycles. The maximum atomic E-state index is 12.1. The summed E-state index contributed by atoms with van der Waals surface area (Å²) in [7, 11) is 0. The summed E-state index contributed by atoms with van der Waals surface area (Å²) in [4.78, 5) is 14.0. The number of amides is 1. The Balaban J connectivity index is 1.71. The van der Waals surface area contributed by atoms with Gasteiger partial charge >= 0.3 is 0 Å². The molecule has 1 aliphatic heterocycles. The molecule has 1 aliphatic rings. The van der Waals surface area contributed by atoms with Crippen LogP contribution < -0.4 is 0 Å². The topological polar surface area (TPSA) is 40.5 Å². The van der Waals surface area contributed by atoms with Crippen molar-refractivity contribution >= 4 is 5.91 Å². The predicted molar refractivity (Wildman–Crippen MR) is 89.7 cm³/mol. The highest BCUT2D eigenvalue weighted by Gasteiger charge is 2.24. The summed E-state index contributed by atoms with van der Waals surface area (Å²) in [6, 6.07) is 8.81. The van der Waals surface area contributed by atoms with Gasteiger partial charge in [-0.2, -0.15) is 0 Å². The van der Waals surface area contributed by atoms with Crippen molar-refractivity contribution in [3.63, 3.8) is 0 Å². The number of hydrogen-bond donors (Lipinski definition) is 1. The van der Waals surface area contributed by atoms with Crippen LogP contribution in [-0.4, -0.2) is 35.6 Å². The minimum absolute atomic E-state index is 0.201. The first-order valence-corrected chi connectivity index (χ1v) is 8.55. The lowest BCUT2D eigenvalue weighted by Gasteiger charge is -2.16. The Bertz CT molecular complexity index is 467. The molecule has 2 rings (SSSR count). The van der Waals surface area contributed by atoms with Gasteiger partial charge in [0.2, 0.25) is 5.91 Å². The summed E-state index contributed by atoms with van der Waals surface area (Å²) in [6.07, 6.45) is 4.55. The molecule has 1 aromatic rings. The van der Waals surface area contributed by atoms with Crippen molar-refractivity contribution in [2.75, 3.05) is 19.7 Å². The highest BCUT2D eigenvalue weighted by Crippen LogP contribution is 2.17. The van der Waals surface area contributed by atoms with E-state index in [-0.39, 0.29) is 18.4 Å². The van der Waals surface area contributed by atoms with E-state index in [0.29, 0.717) is 12.3 Å². The lowest BCUT2D eigenvalue weighted by Crippen LogP contribution is -2.28. The van der Waals surface area contributed by atoms with Crippen LogP contribution in [0.3, 0.4) is 0 Å². The van der Waals surface area contributed by atoms with Crippen LogP contribution in [0.15, 0.2) is 24.3 Å². The number of carbonyl (C=O) groups is 1. The van der Waals surface area contributed by atoms with E-state index in [0.717, 1.165) is 38.8 Å². The molecule has 1 amide bonds. The van der Waals surface area contributed by atoms with Gasteiger partial charge in [0.1, 0.15) is 0 Å². The third kappa shape index (κ3) is 5.13. The van der Waals surface area contributed by atoms with Gasteiger partial charge in [0.15, 0.2) is 0 Å². The molecule has 1 unspecified atom stereocenters. The minimum Gasteiger partial charge on any atom is -0.396 e. The largest absolute Gasteiger partial charge is 0.396 e. The zero-order valence-corrected chi connectivity index (χ0v) is 13.9. The molecule has 1 N–H and O–H groups in total. The van der Waals surface area contributed by atoms with Crippen LogP contribution in [0.5, 0.6) is 0 Å². The van der Waals surface area contributed by atoms with Crippen LogP contribution in [-0.2, 0) is 17.6 Å². The van der Waals surface area contributed by atoms with Gasteiger partial charge in [0.25, 0.3) is 0 Å². The van der Waals surface area contributed by atoms with E-state index in [4.69, 9.17) is 5.11 Å². The van der Waals surface area contributed by atoms with Crippen molar-refractivity contribution in [3.05, 3.63) is 35.4 Å². The molecule has 1 fully saturated rings. The van der Waals surface area contributed by atoms with Gasteiger partial charge < -0.3 is 10.0 Å². The van der Waals surface area contributed by atoms with E-state index in [2.05, 4.69) is 38.1 Å². The number of aryl methyl sites for hydroxylation is 1. The summed E-state index contributed by atoms with van der Waals surface area (Å²) in [5.74, 6) is 1.22.